The number of hydrogen-bond donors (Lipinski definition) is 0. The van der Waals surface area contributed by atoms with Crippen molar-refractivity contribution >= 4 is 11.6 Å². The van der Waals surface area contributed by atoms with Gasteiger partial charge in [-0.25, -0.2) is 0 Å². The molecule has 3 rings (SSSR count). The Kier molecular flexibility index (Phi) is 3.60. The van der Waals surface area contributed by atoms with Crippen molar-refractivity contribution in [2.45, 2.75) is 6.92 Å². The summed E-state index contributed by atoms with van der Waals surface area (Å²) in [6.45, 7) is 1.84. The van der Waals surface area contributed by atoms with Crippen LogP contribution in [0.2, 0.25) is 0 Å². The summed E-state index contributed by atoms with van der Waals surface area (Å²) in [5.41, 5.74) is 2.69. The third-order valence-corrected chi connectivity index (χ3v) is 3.08. The fourth-order valence-electron chi connectivity index (χ4n) is 2.22. The molecule has 0 unspecified atom stereocenters. The van der Waals surface area contributed by atoms with Crippen molar-refractivity contribution in [1.29, 1.82) is 0 Å². The van der Waals surface area contributed by atoms with Crippen molar-refractivity contribution in [2.75, 3.05) is 0 Å². The monoisotopic (exact) mass is 310 g/mol. The molecule has 2 aromatic carbocycles. The smallest absolute Gasteiger partial charge is 0.152 e. The molecule has 0 bridgehead atoms. The summed E-state index contributed by atoms with van der Waals surface area (Å²) in [7, 11) is 0. The van der Waals surface area contributed by atoms with Crippen LogP contribution in [0, 0.1) is 13.0 Å². The topological polar surface area (TPSA) is 34.1 Å². The van der Waals surface area contributed by atoms with E-state index in [9.17, 15) is 9.59 Å². The normalized spacial score (nSPS) is 12.5. The zero-order chi connectivity index (χ0) is 12.0. The van der Waals surface area contributed by atoms with Crippen LogP contribution in [0.4, 0.5) is 0 Å². The van der Waals surface area contributed by atoms with Crippen LogP contribution in [-0.2, 0) is 32.7 Å². The maximum atomic E-state index is 12.3. The quantitative estimate of drug-likeness (QED) is 0.598. The van der Waals surface area contributed by atoms with Gasteiger partial charge in [0.2, 0.25) is 0 Å². The third-order valence-electron chi connectivity index (χ3n) is 3.08. The van der Waals surface area contributed by atoms with Gasteiger partial charge in [0, 0.05) is 38.3 Å². The number of benzene rings is 2. The minimum absolute atomic E-state index is 0. The average Bonchev–Trinajstić information content (AvgIpc) is 2.36. The molecule has 0 aromatic heterocycles. The minimum atomic E-state index is -0.112. The van der Waals surface area contributed by atoms with Gasteiger partial charge in [0.1, 0.15) is 5.78 Å². The van der Waals surface area contributed by atoms with Gasteiger partial charge >= 0.3 is 0 Å². The van der Waals surface area contributed by atoms with E-state index in [0.29, 0.717) is 22.3 Å². The standard InChI is InChI=1S/C15H9O2.Y/c1-9-5-4-8-12-13(9)15(17)11-7-3-2-6-10(11)14(12)16;/h2-7H,1H3;/q-1;. The van der Waals surface area contributed by atoms with Gasteiger partial charge in [-0.1, -0.05) is 42.3 Å². The van der Waals surface area contributed by atoms with Crippen molar-refractivity contribution in [1.82, 2.24) is 0 Å². The van der Waals surface area contributed by atoms with Gasteiger partial charge in [0.25, 0.3) is 0 Å². The molecular formula is C15H9O2Y-. The van der Waals surface area contributed by atoms with Crippen LogP contribution in [0.5, 0.6) is 0 Å². The second-order valence-electron chi connectivity index (χ2n) is 4.11. The fourth-order valence-corrected chi connectivity index (χ4v) is 2.22. The van der Waals surface area contributed by atoms with Crippen LogP contribution in [0.15, 0.2) is 36.4 Å². The Morgan fingerprint density at radius 3 is 2.22 bits per heavy atom. The molecule has 2 aromatic rings. The summed E-state index contributed by atoms with van der Waals surface area (Å²) in [5.74, 6) is -0.191. The van der Waals surface area contributed by atoms with E-state index in [1.807, 2.05) is 6.92 Å². The SMILES string of the molecule is Cc1cc[c-]c2c1C(=O)c1ccccc1C2=O.[Y]. The number of carbonyl (C=O) groups excluding carboxylic acids is 2. The number of fused-ring (bicyclic) bond motifs is 2. The second-order valence-corrected chi connectivity index (χ2v) is 4.11. The molecule has 0 saturated heterocycles. The van der Waals surface area contributed by atoms with E-state index < -0.39 is 0 Å². The second kappa shape index (κ2) is 4.87. The molecule has 0 N–H and O–H groups in total. The summed E-state index contributed by atoms with van der Waals surface area (Å²) in [6, 6.07) is 13.3. The zero-order valence-electron chi connectivity index (χ0n) is 9.86. The molecule has 0 fully saturated rings. The summed E-state index contributed by atoms with van der Waals surface area (Å²) in [4.78, 5) is 24.5. The van der Waals surface area contributed by atoms with Gasteiger partial charge in [0.05, 0.1) is 0 Å². The molecular weight excluding hydrogens is 301 g/mol. The molecule has 0 spiro atoms. The largest absolute Gasteiger partial charge is 0.346 e. The van der Waals surface area contributed by atoms with E-state index in [1.54, 1.807) is 36.4 Å². The molecule has 85 valence electrons. The van der Waals surface area contributed by atoms with Crippen molar-refractivity contribution in [2.24, 2.45) is 0 Å². The van der Waals surface area contributed by atoms with Gasteiger partial charge in [-0.05, 0) is 5.56 Å². The Morgan fingerprint density at radius 2 is 1.56 bits per heavy atom. The van der Waals surface area contributed by atoms with Crippen LogP contribution in [0.25, 0.3) is 0 Å². The number of aryl methyl sites for hydroxylation is 1. The zero-order valence-corrected chi connectivity index (χ0v) is 12.7. The van der Waals surface area contributed by atoms with E-state index in [-0.39, 0.29) is 44.3 Å². The van der Waals surface area contributed by atoms with E-state index in [4.69, 9.17) is 0 Å². The van der Waals surface area contributed by atoms with Crippen molar-refractivity contribution in [3.8, 4) is 0 Å². The third kappa shape index (κ3) is 1.80. The first kappa shape index (κ1) is 13.3. The van der Waals surface area contributed by atoms with Gasteiger partial charge in [-0.3, -0.25) is 4.79 Å². The average molecular weight is 310 g/mol. The van der Waals surface area contributed by atoms with Crippen LogP contribution in [-0.4, -0.2) is 11.6 Å². The van der Waals surface area contributed by atoms with Gasteiger partial charge in [0.15, 0.2) is 5.78 Å². The van der Waals surface area contributed by atoms with Gasteiger partial charge in [-0.2, -0.15) is 0 Å². The Hall–Kier alpha value is -1.12. The molecule has 1 aliphatic rings. The Morgan fingerprint density at radius 1 is 0.944 bits per heavy atom. The molecule has 18 heavy (non-hydrogen) atoms. The molecule has 1 aliphatic carbocycles. The Labute approximate surface area is 130 Å². The molecule has 3 heteroatoms. The summed E-state index contributed by atoms with van der Waals surface area (Å²) in [6.07, 6.45) is 0. The number of hydrogen-bond acceptors (Lipinski definition) is 2. The molecule has 0 amide bonds. The maximum Gasteiger partial charge on any atom is 0.152 e. The summed E-state index contributed by atoms with van der Waals surface area (Å²) in [5, 5.41) is 0. The minimum Gasteiger partial charge on any atom is -0.346 e. The van der Waals surface area contributed by atoms with Crippen molar-refractivity contribution < 1.29 is 42.3 Å². The Bertz CT molecular complexity index is 659. The maximum absolute atomic E-state index is 12.3. The van der Waals surface area contributed by atoms with Gasteiger partial charge in [-0.15, -0.1) is 23.8 Å². The van der Waals surface area contributed by atoms with E-state index in [2.05, 4.69) is 6.07 Å². The van der Waals surface area contributed by atoms with E-state index in [0.717, 1.165) is 5.56 Å². The molecule has 2 nitrogen and oxygen atoms in total. The number of rotatable bonds is 0. The molecule has 0 aliphatic heterocycles. The predicted molar refractivity (Wildman–Crippen MR) is 63.3 cm³/mol. The summed E-state index contributed by atoms with van der Waals surface area (Å²) >= 11 is 0. The van der Waals surface area contributed by atoms with Crippen LogP contribution in [0.3, 0.4) is 0 Å². The van der Waals surface area contributed by atoms with E-state index in [1.165, 1.54) is 0 Å². The fraction of sp³-hybridized carbons (Fsp3) is 0.0667. The first-order chi connectivity index (χ1) is 8.20. The van der Waals surface area contributed by atoms with Crippen molar-refractivity contribution in [3.63, 3.8) is 0 Å². The van der Waals surface area contributed by atoms with Crippen molar-refractivity contribution in [3.05, 3.63) is 70.3 Å². The number of carbonyl (C=O) groups is 2. The van der Waals surface area contributed by atoms with Gasteiger partial charge < -0.3 is 4.79 Å². The molecule has 0 atom stereocenters. The van der Waals surface area contributed by atoms with Crippen LogP contribution in [0.1, 0.15) is 37.4 Å². The molecule has 0 heterocycles. The first-order valence-corrected chi connectivity index (χ1v) is 5.40. The first-order valence-electron chi connectivity index (χ1n) is 5.40. The predicted octanol–water partition coefficient (Wildman–Crippen LogP) is 2.57. The number of ketones is 2. The summed E-state index contributed by atoms with van der Waals surface area (Å²) < 4.78 is 0. The molecule has 0 saturated carbocycles. The molecule has 1 radical (unpaired) electrons. The van der Waals surface area contributed by atoms with E-state index >= 15 is 0 Å². The van der Waals surface area contributed by atoms with Crippen LogP contribution >= 0.6 is 0 Å². The van der Waals surface area contributed by atoms with Crippen LogP contribution < -0.4 is 0 Å². The Balaban J connectivity index is 0.00000120.